The molecular formula is C14H19N3O4. The highest BCUT2D eigenvalue weighted by atomic mass is 16.3. The summed E-state index contributed by atoms with van der Waals surface area (Å²) in [5.41, 5.74) is 6.69. The zero-order valence-electron chi connectivity index (χ0n) is 11.8. The van der Waals surface area contributed by atoms with Crippen LogP contribution in [0.4, 0.5) is 5.69 Å². The van der Waals surface area contributed by atoms with Crippen molar-refractivity contribution in [2.45, 2.75) is 19.8 Å². The fraction of sp³-hybridized carbons (Fsp3) is 0.357. The van der Waals surface area contributed by atoms with Gasteiger partial charge in [-0.15, -0.1) is 0 Å². The molecule has 0 radical (unpaired) electrons. The van der Waals surface area contributed by atoms with Crippen LogP contribution in [0.2, 0.25) is 0 Å². The van der Waals surface area contributed by atoms with Gasteiger partial charge in [-0.2, -0.15) is 0 Å². The van der Waals surface area contributed by atoms with Crippen molar-refractivity contribution in [1.29, 1.82) is 0 Å². The Kier molecular flexibility index (Phi) is 6.90. The molecule has 1 fully saturated rings. The van der Waals surface area contributed by atoms with Crippen LogP contribution in [-0.2, 0) is 9.59 Å². The first-order valence-electron chi connectivity index (χ1n) is 6.65. The number of hydrogen-bond acceptors (Lipinski definition) is 4. The molecule has 1 aliphatic heterocycles. The van der Waals surface area contributed by atoms with E-state index in [4.69, 9.17) is 9.90 Å². The van der Waals surface area contributed by atoms with Gasteiger partial charge in [-0.3, -0.25) is 19.8 Å². The average molecular weight is 293 g/mol. The molecule has 1 aromatic carbocycles. The lowest BCUT2D eigenvalue weighted by atomic mass is 10.2. The van der Waals surface area contributed by atoms with Gasteiger partial charge in [0.2, 0.25) is 5.91 Å². The zero-order chi connectivity index (χ0) is 15.7. The van der Waals surface area contributed by atoms with Gasteiger partial charge < -0.3 is 10.0 Å². The van der Waals surface area contributed by atoms with Crippen molar-refractivity contribution in [2.75, 3.05) is 18.0 Å². The molecule has 0 saturated carbocycles. The third-order valence-electron chi connectivity index (χ3n) is 2.87. The third kappa shape index (κ3) is 4.88. The number of nitrogens with zero attached hydrogens (tertiary/aromatic N) is 1. The summed E-state index contributed by atoms with van der Waals surface area (Å²) in [5, 5.41) is 6.89. The minimum atomic E-state index is -0.250. The summed E-state index contributed by atoms with van der Waals surface area (Å²) >= 11 is 0. The SMILES string of the molecule is CCNNC(=O)c1cccc(N2CCCC2=O)c1.O=CO. The minimum absolute atomic E-state index is 0.124. The molecule has 0 aromatic heterocycles. The quantitative estimate of drug-likeness (QED) is 0.562. The molecule has 0 atom stereocenters. The van der Waals surface area contributed by atoms with Gasteiger partial charge in [0, 0.05) is 30.8 Å². The van der Waals surface area contributed by atoms with E-state index in [9.17, 15) is 9.59 Å². The summed E-state index contributed by atoms with van der Waals surface area (Å²) in [6.07, 6.45) is 1.47. The van der Waals surface area contributed by atoms with Crippen molar-refractivity contribution in [3.8, 4) is 0 Å². The highest BCUT2D eigenvalue weighted by Crippen LogP contribution is 2.22. The van der Waals surface area contributed by atoms with Crippen LogP contribution >= 0.6 is 0 Å². The summed E-state index contributed by atoms with van der Waals surface area (Å²) in [6.45, 7) is 3.05. The van der Waals surface area contributed by atoms with Crippen molar-refractivity contribution < 1.29 is 19.5 Å². The van der Waals surface area contributed by atoms with E-state index in [0.29, 0.717) is 18.5 Å². The highest BCUT2D eigenvalue weighted by molar-refractivity contribution is 5.98. The molecule has 1 heterocycles. The Bertz CT molecular complexity index is 505. The first kappa shape index (κ1) is 16.6. The van der Waals surface area contributed by atoms with E-state index in [1.54, 1.807) is 23.1 Å². The number of amides is 2. The molecule has 114 valence electrons. The van der Waals surface area contributed by atoms with Crippen LogP contribution < -0.4 is 15.8 Å². The molecule has 1 aliphatic rings. The van der Waals surface area contributed by atoms with E-state index in [1.807, 2.05) is 13.0 Å². The second-order valence-corrected chi connectivity index (χ2v) is 4.29. The number of hydrazine groups is 1. The molecule has 0 bridgehead atoms. The number of rotatable bonds is 4. The Hall–Kier alpha value is -2.41. The van der Waals surface area contributed by atoms with Crippen LogP contribution in [0.3, 0.4) is 0 Å². The lowest BCUT2D eigenvalue weighted by Gasteiger charge is -2.16. The molecule has 0 spiro atoms. The number of anilines is 1. The Labute approximate surface area is 122 Å². The number of nitrogens with one attached hydrogen (secondary N) is 2. The Balaban J connectivity index is 0.000000677. The second kappa shape index (κ2) is 8.70. The van der Waals surface area contributed by atoms with E-state index in [2.05, 4.69) is 10.9 Å². The molecule has 1 aromatic rings. The average Bonchev–Trinajstić information content (AvgIpc) is 2.92. The van der Waals surface area contributed by atoms with Crippen LogP contribution in [0.1, 0.15) is 30.1 Å². The number of carbonyl (C=O) groups excluding carboxylic acids is 2. The van der Waals surface area contributed by atoms with Gasteiger partial charge in [0.05, 0.1) is 0 Å². The predicted octanol–water partition coefficient (Wildman–Crippen LogP) is 0.768. The molecule has 0 aliphatic carbocycles. The van der Waals surface area contributed by atoms with Gasteiger partial charge in [-0.1, -0.05) is 13.0 Å². The maximum Gasteiger partial charge on any atom is 0.290 e. The van der Waals surface area contributed by atoms with Gasteiger partial charge in [0.1, 0.15) is 0 Å². The van der Waals surface area contributed by atoms with E-state index in [-0.39, 0.29) is 18.3 Å². The van der Waals surface area contributed by atoms with E-state index in [1.165, 1.54) is 0 Å². The molecule has 0 unspecified atom stereocenters. The van der Waals surface area contributed by atoms with E-state index in [0.717, 1.165) is 18.7 Å². The van der Waals surface area contributed by atoms with Gasteiger partial charge in [-0.05, 0) is 24.6 Å². The summed E-state index contributed by atoms with van der Waals surface area (Å²) in [5.74, 6) is -0.0652. The maximum absolute atomic E-state index is 11.8. The smallest absolute Gasteiger partial charge is 0.290 e. The van der Waals surface area contributed by atoms with E-state index >= 15 is 0 Å². The normalized spacial score (nSPS) is 13.4. The van der Waals surface area contributed by atoms with Crippen LogP contribution in [0.25, 0.3) is 0 Å². The van der Waals surface area contributed by atoms with Crippen molar-refractivity contribution >= 4 is 24.0 Å². The van der Waals surface area contributed by atoms with Gasteiger partial charge >= 0.3 is 0 Å². The largest absolute Gasteiger partial charge is 0.483 e. The van der Waals surface area contributed by atoms with Gasteiger partial charge in [-0.25, -0.2) is 5.43 Å². The summed E-state index contributed by atoms with van der Waals surface area (Å²) in [7, 11) is 0. The lowest BCUT2D eigenvalue weighted by Crippen LogP contribution is -2.37. The predicted molar refractivity (Wildman–Crippen MR) is 77.9 cm³/mol. The molecule has 3 N–H and O–H groups in total. The Morgan fingerprint density at radius 3 is 2.76 bits per heavy atom. The maximum atomic E-state index is 11.8. The zero-order valence-corrected chi connectivity index (χ0v) is 11.8. The summed E-state index contributed by atoms with van der Waals surface area (Å²) in [6, 6.07) is 7.13. The molecule has 1 saturated heterocycles. The number of carboxylic acid groups (broad SMARTS) is 1. The van der Waals surface area contributed by atoms with Gasteiger partial charge in [0.15, 0.2) is 0 Å². The van der Waals surface area contributed by atoms with Gasteiger partial charge in [0.25, 0.3) is 12.4 Å². The van der Waals surface area contributed by atoms with Crippen LogP contribution in [0.5, 0.6) is 0 Å². The fourth-order valence-electron chi connectivity index (χ4n) is 1.98. The minimum Gasteiger partial charge on any atom is -0.483 e. The summed E-state index contributed by atoms with van der Waals surface area (Å²) in [4.78, 5) is 33.5. The number of hydrogen-bond donors (Lipinski definition) is 3. The van der Waals surface area contributed by atoms with Crippen LogP contribution in [0, 0.1) is 0 Å². The number of carbonyl (C=O) groups is 3. The van der Waals surface area contributed by atoms with Crippen LogP contribution in [0.15, 0.2) is 24.3 Å². The van der Waals surface area contributed by atoms with Crippen molar-refractivity contribution in [3.05, 3.63) is 29.8 Å². The number of benzene rings is 1. The summed E-state index contributed by atoms with van der Waals surface area (Å²) < 4.78 is 0. The third-order valence-corrected chi connectivity index (χ3v) is 2.87. The molecule has 7 nitrogen and oxygen atoms in total. The topological polar surface area (TPSA) is 98.7 Å². The Morgan fingerprint density at radius 2 is 2.19 bits per heavy atom. The first-order valence-corrected chi connectivity index (χ1v) is 6.65. The Morgan fingerprint density at radius 1 is 1.48 bits per heavy atom. The highest BCUT2D eigenvalue weighted by Gasteiger charge is 2.22. The lowest BCUT2D eigenvalue weighted by molar-refractivity contribution is -0.123. The van der Waals surface area contributed by atoms with Crippen LogP contribution in [-0.4, -0.2) is 36.5 Å². The molecule has 21 heavy (non-hydrogen) atoms. The molecule has 7 heteroatoms. The molecule has 2 rings (SSSR count). The van der Waals surface area contributed by atoms with Crippen molar-refractivity contribution in [1.82, 2.24) is 10.9 Å². The molecule has 2 amide bonds. The molecular weight excluding hydrogens is 274 g/mol. The first-order chi connectivity index (χ1) is 10.1. The van der Waals surface area contributed by atoms with Crippen molar-refractivity contribution in [3.63, 3.8) is 0 Å². The van der Waals surface area contributed by atoms with Crippen molar-refractivity contribution in [2.24, 2.45) is 0 Å². The monoisotopic (exact) mass is 293 g/mol. The fourth-order valence-corrected chi connectivity index (χ4v) is 1.98. The standard InChI is InChI=1S/C13H17N3O2.CH2O2/c1-2-14-15-13(18)10-5-3-6-11(9-10)16-8-4-7-12(16)17;2-1-3/h3,5-6,9,14H,2,4,7-8H2,1H3,(H,15,18);1H,(H,2,3). The van der Waals surface area contributed by atoms with E-state index < -0.39 is 0 Å². The second-order valence-electron chi connectivity index (χ2n) is 4.29.